The molecule has 3 unspecified atom stereocenters. The number of hydrogen-bond donors (Lipinski definition) is 4. The highest BCUT2D eigenvalue weighted by molar-refractivity contribution is 7.90. The Kier molecular flexibility index (Phi) is 8.24. The first-order valence-corrected chi connectivity index (χ1v) is 10.4. The summed E-state index contributed by atoms with van der Waals surface area (Å²) in [6.07, 6.45) is 2.58. The topological polar surface area (TPSA) is 105 Å². The lowest BCUT2D eigenvalue weighted by Crippen LogP contribution is -2.36. The fraction of sp³-hybridized carbons (Fsp3) is 0.400. The van der Waals surface area contributed by atoms with Crippen LogP contribution in [0.15, 0.2) is 47.4 Å². The van der Waals surface area contributed by atoms with E-state index in [1.807, 2.05) is 12.1 Å². The highest BCUT2D eigenvalue weighted by Crippen LogP contribution is 2.27. The average Bonchev–Trinajstić information content (AvgIpc) is 2.65. The van der Waals surface area contributed by atoms with Crippen LogP contribution in [0.3, 0.4) is 0 Å². The Morgan fingerprint density at radius 2 is 1.85 bits per heavy atom. The van der Waals surface area contributed by atoms with Gasteiger partial charge in [-0.2, -0.15) is 0 Å². The van der Waals surface area contributed by atoms with Crippen LogP contribution < -0.4 is 10.1 Å². The Balaban J connectivity index is 1.70. The van der Waals surface area contributed by atoms with Crippen molar-refractivity contribution >= 4 is 11.2 Å². The molecule has 0 aliphatic rings. The molecule has 0 aliphatic heterocycles. The number of phenolic OH excluding ortho intramolecular Hbond substituents is 2. The monoisotopic (exact) mass is 393 g/mol. The Hall–Kier alpha value is -1.93. The van der Waals surface area contributed by atoms with Crippen LogP contribution in [0.25, 0.3) is 0 Å². The van der Waals surface area contributed by atoms with Crippen molar-refractivity contribution < 1.29 is 24.6 Å². The van der Waals surface area contributed by atoms with E-state index >= 15 is 0 Å². The molecule has 2 aromatic rings. The van der Waals surface area contributed by atoms with Crippen molar-refractivity contribution in [1.29, 1.82) is 0 Å². The maximum absolute atomic E-state index is 11.5. The van der Waals surface area contributed by atoms with E-state index in [-0.39, 0.29) is 24.1 Å². The normalized spacial score (nSPS) is 14.5. The van der Waals surface area contributed by atoms with E-state index in [1.165, 1.54) is 18.4 Å². The molecule has 6 nitrogen and oxygen atoms in total. The van der Waals surface area contributed by atoms with Crippen LogP contribution in [0.2, 0.25) is 0 Å². The molecule has 0 heterocycles. The number of aryl methyl sites for hydroxylation is 1. The van der Waals surface area contributed by atoms with Gasteiger partial charge in [0, 0.05) is 18.7 Å². The van der Waals surface area contributed by atoms with Gasteiger partial charge in [-0.05, 0) is 60.8 Å². The molecule has 0 saturated carbocycles. The molecule has 148 valence electrons. The predicted molar refractivity (Wildman–Crippen MR) is 106 cm³/mol. The number of rotatable bonds is 10. The number of benzene rings is 2. The van der Waals surface area contributed by atoms with E-state index in [0.29, 0.717) is 17.2 Å². The smallest absolute Gasteiger partial charge is 0.197 e. The van der Waals surface area contributed by atoms with Gasteiger partial charge < -0.3 is 29.9 Å². The predicted octanol–water partition coefficient (Wildman–Crippen LogP) is 2.19. The summed E-state index contributed by atoms with van der Waals surface area (Å²) in [5, 5.41) is 32.3. The highest BCUT2D eigenvalue weighted by atomic mass is 32.2. The molecule has 4 N–H and O–H groups in total. The van der Waals surface area contributed by atoms with Crippen molar-refractivity contribution in [3.63, 3.8) is 0 Å². The molecule has 0 radical (unpaired) electrons. The SMILES string of the molecule is CC(CCc1ccc(O)cc1)NCC(O)COc1ccc(O)c([S+](C)[O-])c1. The van der Waals surface area contributed by atoms with Crippen molar-refractivity contribution in [2.24, 2.45) is 0 Å². The van der Waals surface area contributed by atoms with Gasteiger partial charge >= 0.3 is 0 Å². The first-order chi connectivity index (χ1) is 12.8. The zero-order chi connectivity index (χ0) is 19.8. The first-order valence-electron chi connectivity index (χ1n) is 8.83. The molecule has 0 spiro atoms. The third kappa shape index (κ3) is 7.30. The fourth-order valence-electron chi connectivity index (χ4n) is 2.55. The standard InChI is InChI=1S/C20H27NO5S/c1-14(3-4-15-5-7-16(22)8-6-15)21-12-17(23)13-26-18-9-10-19(24)20(11-18)27(2)25/h5-11,14,17,21-24H,3-4,12-13H2,1-2H3. The van der Waals surface area contributed by atoms with Gasteiger partial charge in [0.15, 0.2) is 10.6 Å². The van der Waals surface area contributed by atoms with Crippen LogP contribution in [-0.2, 0) is 17.6 Å². The summed E-state index contributed by atoms with van der Waals surface area (Å²) in [6, 6.07) is 11.9. The summed E-state index contributed by atoms with van der Waals surface area (Å²) in [4.78, 5) is 0.308. The van der Waals surface area contributed by atoms with E-state index in [2.05, 4.69) is 12.2 Å². The van der Waals surface area contributed by atoms with E-state index in [0.717, 1.165) is 18.4 Å². The summed E-state index contributed by atoms with van der Waals surface area (Å²) in [5.41, 5.74) is 1.15. The third-order valence-electron chi connectivity index (χ3n) is 4.19. The van der Waals surface area contributed by atoms with Crippen LogP contribution in [0, 0.1) is 0 Å². The zero-order valence-electron chi connectivity index (χ0n) is 15.6. The van der Waals surface area contributed by atoms with Gasteiger partial charge in [0.2, 0.25) is 0 Å². The van der Waals surface area contributed by atoms with Gasteiger partial charge in [0.05, 0.1) is 0 Å². The number of aromatic hydroxyl groups is 2. The second-order valence-corrected chi connectivity index (χ2v) is 7.91. The van der Waals surface area contributed by atoms with Gasteiger partial charge in [-0.25, -0.2) is 0 Å². The summed E-state index contributed by atoms with van der Waals surface area (Å²) in [5.74, 6) is 0.684. The van der Waals surface area contributed by atoms with Gasteiger partial charge in [-0.3, -0.25) is 0 Å². The Bertz CT molecular complexity index is 708. The number of ether oxygens (including phenoxy) is 1. The minimum absolute atomic E-state index is 0.0344. The van der Waals surface area contributed by atoms with Gasteiger partial charge in [0.25, 0.3) is 0 Å². The van der Waals surface area contributed by atoms with Crippen molar-refractivity contribution in [2.75, 3.05) is 19.4 Å². The molecular formula is C20H27NO5S. The van der Waals surface area contributed by atoms with Gasteiger partial charge in [-0.1, -0.05) is 12.1 Å². The van der Waals surface area contributed by atoms with Crippen LogP contribution in [-0.4, -0.2) is 51.4 Å². The van der Waals surface area contributed by atoms with E-state index in [9.17, 15) is 19.9 Å². The molecule has 3 atom stereocenters. The summed E-state index contributed by atoms with van der Waals surface area (Å²) < 4.78 is 17.1. The van der Waals surface area contributed by atoms with Crippen LogP contribution >= 0.6 is 0 Å². The number of aliphatic hydroxyl groups is 1. The van der Waals surface area contributed by atoms with Crippen molar-refractivity contribution in [3.05, 3.63) is 48.0 Å². The van der Waals surface area contributed by atoms with Gasteiger partial charge in [0.1, 0.15) is 30.5 Å². The van der Waals surface area contributed by atoms with Crippen molar-refractivity contribution in [3.8, 4) is 17.2 Å². The largest absolute Gasteiger partial charge is 0.612 e. The number of phenols is 2. The highest BCUT2D eigenvalue weighted by Gasteiger charge is 2.14. The summed E-state index contributed by atoms with van der Waals surface area (Å²) >= 11 is -1.31. The minimum atomic E-state index is -1.31. The van der Waals surface area contributed by atoms with E-state index in [1.54, 1.807) is 18.2 Å². The summed E-state index contributed by atoms with van der Waals surface area (Å²) in [6.45, 7) is 2.54. The molecule has 27 heavy (non-hydrogen) atoms. The Morgan fingerprint density at radius 1 is 1.15 bits per heavy atom. The second-order valence-electron chi connectivity index (χ2n) is 6.56. The van der Waals surface area contributed by atoms with E-state index < -0.39 is 17.3 Å². The molecular weight excluding hydrogens is 366 g/mol. The fourth-order valence-corrected chi connectivity index (χ4v) is 3.20. The number of hydrogen-bond acceptors (Lipinski definition) is 6. The molecule has 0 saturated heterocycles. The summed E-state index contributed by atoms with van der Waals surface area (Å²) in [7, 11) is 0. The van der Waals surface area contributed by atoms with Crippen LogP contribution in [0.4, 0.5) is 0 Å². The lowest BCUT2D eigenvalue weighted by Gasteiger charge is -2.18. The second kappa shape index (κ2) is 10.4. The maximum Gasteiger partial charge on any atom is 0.197 e. The molecule has 2 aromatic carbocycles. The van der Waals surface area contributed by atoms with Crippen LogP contribution in [0.5, 0.6) is 17.2 Å². The number of aliphatic hydroxyl groups excluding tert-OH is 1. The Labute approximate surface area is 163 Å². The molecule has 0 fully saturated rings. The molecule has 7 heteroatoms. The third-order valence-corrected chi connectivity index (χ3v) is 5.13. The lowest BCUT2D eigenvalue weighted by molar-refractivity contribution is 0.103. The van der Waals surface area contributed by atoms with Gasteiger partial charge in [-0.15, -0.1) is 0 Å². The van der Waals surface area contributed by atoms with Crippen LogP contribution in [0.1, 0.15) is 18.9 Å². The van der Waals surface area contributed by atoms with E-state index in [4.69, 9.17) is 4.74 Å². The molecule has 0 amide bonds. The minimum Gasteiger partial charge on any atom is -0.612 e. The van der Waals surface area contributed by atoms with Crippen molar-refractivity contribution in [1.82, 2.24) is 5.32 Å². The molecule has 0 bridgehead atoms. The quantitative estimate of drug-likeness (QED) is 0.461. The maximum atomic E-state index is 11.5. The molecule has 0 aliphatic carbocycles. The molecule has 0 aromatic heterocycles. The first kappa shape index (κ1) is 21.4. The lowest BCUT2D eigenvalue weighted by atomic mass is 10.1. The average molecular weight is 394 g/mol. The Morgan fingerprint density at radius 3 is 2.52 bits per heavy atom. The van der Waals surface area contributed by atoms with Crippen molar-refractivity contribution in [2.45, 2.75) is 36.8 Å². The number of nitrogens with one attached hydrogen (secondary N) is 1. The zero-order valence-corrected chi connectivity index (χ0v) is 16.4. The molecule has 2 rings (SSSR count).